The summed E-state index contributed by atoms with van der Waals surface area (Å²) in [5.41, 5.74) is 11.9. The third kappa shape index (κ3) is 1.90. The number of hydrogen-bond donors (Lipinski definition) is 2. The van der Waals surface area contributed by atoms with Crippen molar-refractivity contribution in [1.29, 1.82) is 0 Å². The molecule has 0 radical (unpaired) electrons. The minimum Gasteiger partial charge on any atom is -0.368 e. The summed E-state index contributed by atoms with van der Waals surface area (Å²) in [4.78, 5) is 11.4. The maximum absolute atomic E-state index is 13.3. The van der Waals surface area contributed by atoms with Crippen LogP contribution in [0, 0.1) is 12.7 Å². The minimum atomic E-state index is -0.324. The van der Waals surface area contributed by atoms with Crippen LogP contribution in [0.15, 0.2) is 18.2 Å². The topological polar surface area (TPSA) is 90.7 Å². The van der Waals surface area contributed by atoms with Gasteiger partial charge in [0.05, 0.1) is 0 Å². The van der Waals surface area contributed by atoms with E-state index in [0.29, 0.717) is 11.1 Å². The highest BCUT2D eigenvalue weighted by Crippen LogP contribution is 2.19. The Morgan fingerprint density at radius 2 is 1.69 bits per heavy atom. The summed E-state index contributed by atoms with van der Waals surface area (Å²) in [6.07, 6.45) is 0. The van der Waals surface area contributed by atoms with Crippen LogP contribution in [-0.4, -0.2) is 15.0 Å². The molecule has 0 amide bonds. The second kappa shape index (κ2) is 3.73. The van der Waals surface area contributed by atoms with Crippen molar-refractivity contribution in [3.05, 3.63) is 29.6 Å². The number of nitrogens with two attached hydrogens (primary N) is 2. The fourth-order valence-electron chi connectivity index (χ4n) is 1.27. The Labute approximate surface area is 91.4 Å². The summed E-state index contributed by atoms with van der Waals surface area (Å²) in [5.74, 6) is -0.0223. The summed E-state index contributed by atoms with van der Waals surface area (Å²) in [6.45, 7) is 1.68. The molecule has 0 saturated carbocycles. The zero-order valence-corrected chi connectivity index (χ0v) is 8.61. The standard InChI is InChI=1S/C10H10FN5/c1-5-2-3-6(4-7(5)11)8-14-9(12)16-10(13)15-8/h2-4H,1H3,(H4,12,13,14,15,16). The van der Waals surface area contributed by atoms with Gasteiger partial charge in [-0.1, -0.05) is 12.1 Å². The molecule has 0 fully saturated rings. The maximum atomic E-state index is 13.3. The fourth-order valence-corrected chi connectivity index (χ4v) is 1.27. The number of hydrogen-bond acceptors (Lipinski definition) is 5. The van der Waals surface area contributed by atoms with Crippen LogP contribution in [0.4, 0.5) is 16.3 Å². The molecule has 0 aliphatic heterocycles. The normalized spacial score (nSPS) is 10.4. The van der Waals surface area contributed by atoms with Crippen LogP contribution in [0.1, 0.15) is 5.56 Å². The molecule has 6 heteroatoms. The van der Waals surface area contributed by atoms with Gasteiger partial charge in [0.2, 0.25) is 11.9 Å². The van der Waals surface area contributed by atoms with Gasteiger partial charge in [-0.15, -0.1) is 0 Å². The molecule has 0 aliphatic rings. The van der Waals surface area contributed by atoms with Crippen molar-refractivity contribution in [2.75, 3.05) is 11.5 Å². The summed E-state index contributed by atoms with van der Waals surface area (Å²) in [5, 5.41) is 0. The van der Waals surface area contributed by atoms with E-state index in [1.807, 2.05) is 0 Å². The molecule has 1 heterocycles. The number of aryl methyl sites for hydroxylation is 1. The molecule has 0 spiro atoms. The Kier molecular flexibility index (Phi) is 2.40. The number of anilines is 2. The first-order valence-electron chi connectivity index (χ1n) is 4.60. The lowest BCUT2D eigenvalue weighted by Crippen LogP contribution is -2.04. The molecule has 0 atom stereocenters. The third-order valence-corrected chi connectivity index (χ3v) is 2.10. The smallest absolute Gasteiger partial charge is 0.225 e. The van der Waals surface area contributed by atoms with Crippen LogP contribution in [0.2, 0.25) is 0 Å². The molecular weight excluding hydrogens is 209 g/mol. The lowest BCUT2D eigenvalue weighted by molar-refractivity contribution is 0.619. The van der Waals surface area contributed by atoms with Crippen LogP contribution in [0.5, 0.6) is 0 Å². The SMILES string of the molecule is Cc1ccc(-c2nc(N)nc(N)n2)cc1F. The van der Waals surface area contributed by atoms with Gasteiger partial charge in [-0.3, -0.25) is 0 Å². The van der Waals surface area contributed by atoms with Crippen LogP contribution in [-0.2, 0) is 0 Å². The van der Waals surface area contributed by atoms with Gasteiger partial charge < -0.3 is 11.5 Å². The van der Waals surface area contributed by atoms with E-state index in [0.717, 1.165) is 0 Å². The van der Waals surface area contributed by atoms with Gasteiger partial charge in [-0.05, 0) is 18.6 Å². The molecule has 0 bridgehead atoms. The Morgan fingerprint density at radius 1 is 1.06 bits per heavy atom. The van der Waals surface area contributed by atoms with Crippen LogP contribution < -0.4 is 11.5 Å². The van der Waals surface area contributed by atoms with Crippen molar-refractivity contribution in [2.45, 2.75) is 6.92 Å². The molecular formula is C10H10FN5. The first-order chi connectivity index (χ1) is 7.56. The van der Waals surface area contributed by atoms with E-state index in [9.17, 15) is 4.39 Å². The highest BCUT2D eigenvalue weighted by Gasteiger charge is 2.07. The molecule has 1 aromatic carbocycles. The molecule has 1 aromatic heterocycles. The van der Waals surface area contributed by atoms with Gasteiger partial charge in [0.1, 0.15) is 5.82 Å². The molecule has 5 nitrogen and oxygen atoms in total. The summed E-state index contributed by atoms with van der Waals surface area (Å²) >= 11 is 0. The molecule has 0 unspecified atom stereocenters. The Balaban J connectivity index is 2.54. The second-order valence-electron chi connectivity index (χ2n) is 3.34. The zero-order valence-electron chi connectivity index (χ0n) is 8.61. The molecule has 0 aliphatic carbocycles. The minimum absolute atomic E-state index is 0.0171. The predicted molar refractivity (Wildman–Crippen MR) is 58.8 cm³/mol. The van der Waals surface area contributed by atoms with Crippen molar-refractivity contribution in [2.24, 2.45) is 0 Å². The Bertz CT molecular complexity index is 520. The van der Waals surface area contributed by atoms with Crippen molar-refractivity contribution in [3.8, 4) is 11.4 Å². The van der Waals surface area contributed by atoms with E-state index in [1.165, 1.54) is 6.07 Å². The lowest BCUT2D eigenvalue weighted by atomic mass is 10.1. The predicted octanol–water partition coefficient (Wildman–Crippen LogP) is 1.15. The average molecular weight is 219 g/mol. The van der Waals surface area contributed by atoms with E-state index < -0.39 is 0 Å². The van der Waals surface area contributed by atoms with Crippen molar-refractivity contribution >= 4 is 11.9 Å². The molecule has 16 heavy (non-hydrogen) atoms. The molecule has 2 aromatic rings. The molecule has 4 N–H and O–H groups in total. The summed E-state index contributed by atoms with van der Waals surface area (Å²) < 4.78 is 13.3. The van der Waals surface area contributed by atoms with E-state index in [2.05, 4.69) is 15.0 Å². The first-order valence-corrected chi connectivity index (χ1v) is 4.60. The average Bonchev–Trinajstić information content (AvgIpc) is 2.20. The van der Waals surface area contributed by atoms with Crippen molar-refractivity contribution in [1.82, 2.24) is 15.0 Å². The van der Waals surface area contributed by atoms with E-state index >= 15 is 0 Å². The monoisotopic (exact) mass is 219 g/mol. The summed E-state index contributed by atoms with van der Waals surface area (Å²) in [7, 11) is 0. The number of rotatable bonds is 1. The van der Waals surface area contributed by atoms with Gasteiger partial charge >= 0.3 is 0 Å². The van der Waals surface area contributed by atoms with Gasteiger partial charge in [0.15, 0.2) is 5.82 Å². The highest BCUT2D eigenvalue weighted by molar-refractivity contribution is 5.57. The molecule has 0 saturated heterocycles. The van der Waals surface area contributed by atoms with Crippen molar-refractivity contribution < 1.29 is 4.39 Å². The lowest BCUT2D eigenvalue weighted by Gasteiger charge is -2.03. The molecule has 82 valence electrons. The molecule has 2 rings (SSSR count). The van der Waals surface area contributed by atoms with E-state index in [4.69, 9.17) is 11.5 Å². The summed E-state index contributed by atoms with van der Waals surface area (Å²) in [6, 6.07) is 4.68. The Morgan fingerprint density at radius 3 is 2.25 bits per heavy atom. The van der Waals surface area contributed by atoms with Gasteiger partial charge in [0.25, 0.3) is 0 Å². The van der Waals surface area contributed by atoms with Gasteiger partial charge in [0, 0.05) is 5.56 Å². The maximum Gasteiger partial charge on any atom is 0.225 e. The van der Waals surface area contributed by atoms with Crippen LogP contribution >= 0.6 is 0 Å². The van der Waals surface area contributed by atoms with Gasteiger partial charge in [-0.25, -0.2) is 4.39 Å². The number of halogens is 1. The van der Waals surface area contributed by atoms with Crippen LogP contribution in [0.3, 0.4) is 0 Å². The van der Waals surface area contributed by atoms with Crippen LogP contribution in [0.25, 0.3) is 11.4 Å². The highest BCUT2D eigenvalue weighted by atomic mass is 19.1. The fraction of sp³-hybridized carbons (Fsp3) is 0.100. The second-order valence-corrected chi connectivity index (χ2v) is 3.34. The van der Waals surface area contributed by atoms with Crippen molar-refractivity contribution in [3.63, 3.8) is 0 Å². The number of benzene rings is 1. The number of nitrogen functional groups attached to an aromatic ring is 2. The Hall–Kier alpha value is -2.24. The zero-order chi connectivity index (χ0) is 11.7. The number of nitrogens with zero attached hydrogens (tertiary/aromatic N) is 3. The number of aromatic nitrogens is 3. The van der Waals surface area contributed by atoms with Gasteiger partial charge in [-0.2, -0.15) is 15.0 Å². The first kappa shape index (κ1) is 10.3. The quantitative estimate of drug-likeness (QED) is 0.750. The third-order valence-electron chi connectivity index (χ3n) is 2.10. The van der Waals surface area contributed by atoms with E-state index in [-0.39, 0.29) is 23.5 Å². The van der Waals surface area contributed by atoms with E-state index in [1.54, 1.807) is 19.1 Å². The largest absolute Gasteiger partial charge is 0.368 e.